The molecule has 32 heavy (non-hydrogen) atoms. The Morgan fingerprint density at radius 1 is 1.19 bits per heavy atom. The van der Waals surface area contributed by atoms with Crippen molar-refractivity contribution in [3.63, 3.8) is 0 Å². The Morgan fingerprint density at radius 3 is 2.56 bits per heavy atom. The van der Waals surface area contributed by atoms with E-state index in [2.05, 4.69) is 20.8 Å². The van der Waals surface area contributed by atoms with Crippen LogP contribution in [0.3, 0.4) is 0 Å². The van der Waals surface area contributed by atoms with Crippen LogP contribution in [0.1, 0.15) is 36.9 Å². The number of halogens is 1. The molecule has 1 aliphatic rings. The van der Waals surface area contributed by atoms with Crippen molar-refractivity contribution in [2.75, 3.05) is 23.7 Å². The first kappa shape index (κ1) is 22.4. The second-order valence-corrected chi connectivity index (χ2v) is 9.70. The number of nitrogen functional groups attached to an aromatic ring is 1. The number of benzene rings is 1. The van der Waals surface area contributed by atoms with Crippen molar-refractivity contribution < 1.29 is 0 Å². The molecule has 0 spiro atoms. The summed E-state index contributed by atoms with van der Waals surface area (Å²) in [5, 5.41) is 14.2. The predicted molar refractivity (Wildman–Crippen MR) is 132 cm³/mol. The Hall–Kier alpha value is -2.78. The molecule has 4 rings (SSSR count). The third kappa shape index (κ3) is 4.83. The fraction of sp³-hybridized carbons (Fsp3) is 0.304. The lowest BCUT2D eigenvalue weighted by Gasteiger charge is -2.26. The molecule has 3 heterocycles. The molecule has 3 aromatic rings. The van der Waals surface area contributed by atoms with Gasteiger partial charge in [-0.3, -0.25) is 0 Å². The van der Waals surface area contributed by atoms with E-state index >= 15 is 0 Å². The highest BCUT2D eigenvalue weighted by atomic mass is 35.5. The molecule has 6 nitrogen and oxygen atoms in total. The van der Waals surface area contributed by atoms with Gasteiger partial charge in [-0.15, -0.1) is 11.3 Å². The fourth-order valence-electron chi connectivity index (χ4n) is 3.72. The van der Waals surface area contributed by atoms with Crippen LogP contribution in [-0.2, 0) is 5.75 Å². The zero-order chi connectivity index (χ0) is 22.5. The number of nitrogens with two attached hydrogens (primary N) is 1. The Balaban J connectivity index is 1.61. The molecule has 0 saturated carbocycles. The molecular weight excluding hydrogens is 460 g/mol. The van der Waals surface area contributed by atoms with Crippen molar-refractivity contribution in [2.24, 2.45) is 0 Å². The maximum Gasteiger partial charge on any atom is 0.251 e. The van der Waals surface area contributed by atoms with Crippen molar-refractivity contribution >= 4 is 51.9 Å². The van der Waals surface area contributed by atoms with E-state index in [0.717, 1.165) is 55.0 Å². The fourth-order valence-corrected chi connectivity index (χ4v) is 5.66. The summed E-state index contributed by atoms with van der Waals surface area (Å²) in [6.45, 7) is 9.26. The third-order valence-electron chi connectivity index (χ3n) is 5.29. The van der Waals surface area contributed by atoms with Crippen molar-refractivity contribution in [3.8, 4) is 16.6 Å². The molecular formula is C23H21ClN6S2. The molecule has 2 aromatic heterocycles. The zero-order valence-electron chi connectivity index (χ0n) is 17.3. The van der Waals surface area contributed by atoms with Gasteiger partial charge in [0, 0.05) is 34.8 Å². The van der Waals surface area contributed by atoms with Crippen molar-refractivity contribution in [1.29, 1.82) is 5.26 Å². The van der Waals surface area contributed by atoms with Crippen LogP contribution in [0.4, 0.5) is 17.2 Å². The Morgan fingerprint density at radius 2 is 1.91 bits per heavy atom. The van der Waals surface area contributed by atoms with Crippen LogP contribution in [0.15, 0.2) is 34.7 Å². The van der Waals surface area contributed by atoms with Crippen molar-refractivity contribution in [3.05, 3.63) is 57.3 Å². The molecule has 0 amide bonds. The van der Waals surface area contributed by atoms with Crippen molar-refractivity contribution in [1.82, 2.24) is 9.97 Å². The highest BCUT2D eigenvalue weighted by Crippen LogP contribution is 2.42. The summed E-state index contributed by atoms with van der Waals surface area (Å²) in [4.78, 5) is 14.9. The van der Waals surface area contributed by atoms with Gasteiger partial charge in [0.15, 0.2) is 0 Å². The van der Waals surface area contributed by atoms with E-state index in [0.29, 0.717) is 27.1 Å². The van der Waals surface area contributed by atoms with Crippen LogP contribution in [0.2, 0.25) is 5.02 Å². The smallest absolute Gasteiger partial charge is 0.251 e. The van der Waals surface area contributed by atoms with Crippen molar-refractivity contribution in [2.45, 2.75) is 36.5 Å². The van der Waals surface area contributed by atoms with Gasteiger partial charge in [-0.1, -0.05) is 48.3 Å². The van der Waals surface area contributed by atoms with Gasteiger partial charge in [0.25, 0.3) is 5.69 Å². The quantitative estimate of drug-likeness (QED) is 0.330. The summed E-state index contributed by atoms with van der Waals surface area (Å²) in [6.07, 6.45) is 4.40. The molecule has 0 aliphatic carbocycles. The molecule has 9 heteroatoms. The summed E-state index contributed by atoms with van der Waals surface area (Å²) < 4.78 is 0. The second kappa shape index (κ2) is 10.2. The number of nitrogens with zero attached hydrogens (tertiary/aromatic N) is 5. The molecule has 1 fully saturated rings. The normalized spacial score (nSPS) is 13.9. The summed E-state index contributed by atoms with van der Waals surface area (Å²) in [5.74, 6) is 0.739. The minimum absolute atomic E-state index is 0.181. The average molecular weight is 481 g/mol. The van der Waals surface area contributed by atoms with Gasteiger partial charge in [-0.2, -0.15) is 5.26 Å². The number of aromatic nitrogens is 2. The van der Waals surface area contributed by atoms with E-state index < -0.39 is 0 Å². The number of rotatable bonds is 5. The number of pyridine rings is 1. The molecule has 2 N–H and O–H groups in total. The number of anilines is 2. The Kier molecular flexibility index (Phi) is 7.16. The van der Waals surface area contributed by atoms with Crippen LogP contribution >= 0.6 is 34.7 Å². The van der Waals surface area contributed by atoms with E-state index in [4.69, 9.17) is 28.9 Å². The average Bonchev–Trinajstić information content (AvgIpc) is 3.11. The Bertz CT molecular complexity index is 1180. The second-order valence-electron chi connectivity index (χ2n) is 7.44. The van der Waals surface area contributed by atoms with Crippen LogP contribution in [0.25, 0.3) is 15.4 Å². The predicted octanol–water partition coefficient (Wildman–Crippen LogP) is 6.54. The van der Waals surface area contributed by atoms with Gasteiger partial charge in [-0.25, -0.2) is 14.8 Å². The molecule has 1 aromatic carbocycles. The molecule has 0 atom stereocenters. The van der Waals surface area contributed by atoms with E-state index in [1.165, 1.54) is 11.8 Å². The molecule has 1 saturated heterocycles. The standard InChI is InChI=1S/C23H21ClN6S2/c1-27-19-20(30-10-4-2-3-5-11-30)18(12-25)23(29-21(19)26)32-14-17-13-31-22(28-17)15-6-8-16(24)9-7-15/h6-9,13H,2-5,10-11,14H2,(H2,26,29). The van der Waals surface area contributed by atoms with Gasteiger partial charge >= 0.3 is 0 Å². The van der Waals surface area contributed by atoms with E-state index in [1.54, 1.807) is 11.3 Å². The van der Waals surface area contributed by atoms with Crippen LogP contribution in [0, 0.1) is 17.9 Å². The molecule has 0 unspecified atom stereocenters. The van der Waals surface area contributed by atoms with Crippen LogP contribution in [0.5, 0.6) is 0 Å². The zero-order valence-corrected chi connectivity index (χ0v) is 19.7. The van der Waals surface area contributed by atoms with Gasteiger partial charge < -0.3 is 10.6 Å². The SMILES string of the molecule is [C-]#[N+]c1c(N)nc(SCc2csc(-c3ccc(Cl)cc3)n2)c(C#N)c1N1CCCCCC1. The minimum Gasteiger partial charge on any atom is -0.392 e. The lowest BCUT2D eigenvalue weighted by atomic mass is 10.1. The monoisotopic (exact) mass is 480 g/mol. The molecule has 0 radical (unpaired) electrons. The van der Waals surface area contributed by atoms with Crippen LogP contribution < -0.4 is 10.6 Å². The highest BCUT2D eigenvalue weighted by molar-refractivity contribution is 7.98. The lowest BCUT2D eigenvalue weighted by Crippen LogP contribution is -2.25. The lowest BCUT2D eigenvalue weighted by molar-refractivity contribution is 0.726. The van der Waals surface area contributed by atoms with Crippen LogP contribution in [-0.4, -0.2) is 23.1 Å². The summed E-state index contributed by atoms with van der Waals surface area (Å²) in [5.41, 5.74) is 9.44. The molecule has 0 bridgehead atoms. The van der Waals surface area contributed by atoms with Gasteiger partial charge in [-0.05, 0) is 25.0 Å². The largest absolute Gasteiger partial charge is 0.392 e. The molecule has 1 aliphatic heterocycles. The number of thiazole rings is 1. The van der Waals surface area contributed by atoms with E-state index in [-0.39, 0.29) is 11.5 Å². The maximum atomic E-state index is 9.99. The number of nitriles is 1. The highest BCUT2D eigenvalue weighted by Gasteiger charge is 2.24. The molecule has 162 valence electrons. The van der Waals surface area contributed by atoms with E-state index in [1.807, 2.05) is 29.6 Å². The van der Waals surface area contributed by atoms with E-state index in [9.17, 15) is 5.26 Å². The van der Waals surface area contributed by atoms with Gasteiger partial charge in [0.2, 0.25) is 0 Å². The first-order valence-electron chi connectivity index (χ1n) is 10.3. The topological polar surface area (TPSA) is 83.2 Å². The summed E-state index contributed by atoms with van der Waals surface area (Å²) >= 11 is 8.97. The summed E-state index contributed by atoms with van der Waals surface area (Å²) in [6, 6.07) is 9.90. The first-order valence-corrected chi connectivity index (χ1v) is 12.5. The maximum absolute atomic E-state index is 9.99. The first-order chi connectivity index (χ1) is 15.6. The number of hydrogen-bond donors (Lipinski definition) is 1. The third-order valence-corrected chi connectivity index (χ3v) is 7.49. The van der Waals surface area contributed by atoms with Gasteiger partial charge in [0.1, 0.15) is 21.9 Å². The van der Waals surface area contributed by atoms with Gasteiger partial charge in [0.05, 0.1) is 23.5 Å². The summed E-state index contributed by atoms with van der Waals surface area (Å²) in [7, 11) is 0. The number of thioether (sulfide) groups is 1. The Labute approximate surface area is 200 Å². The minimum atomic E-state index is 0.181. The number of hydrogen-bond acceptors (Lipinski definition) is 7.